The molecule has 0 atom stereocenters. The lowest BCUT2D eigenvalue weighted by Gasteiger charge is -2.34. The van der Waals surface area contributed by atoms with Crippen LogP contribution >= 0.6 is 0 Å². The average Bonchev–Trinajstić information content (AvgIpc) is 2.84. The lowest BCUT2D eigenvalue weighted by atomic mass is 10.0. The molecule has 1 saturated heterocycles. The van der Waals surface area contributed by atoms with E-state index in [1.165, 1.54) is 15.3 Å². The molecule has 1 aliphatic rings. The average molecular weight is 466 g/mol. The number of nitrogens with one attached hydrogen (secondary N) is 1. The Morgan fingerprint density at radius 1 is 0.879 bits per heavy atom. The molecule has 0 aliphatic carbocycles. The van der Waals surface area contributed by atoms with Gasteiger partial charge in [-0.15, -0.1) is 0 Å². The van der Waals surface area contributed by atoms with Crippen LogP contribution < -0.4 is 5.56 Å². The van der Waals surface area contributed by atoms with Crippen LogP contribution in [0.4, 0.5) is 0 Å². The topological polar surface area (TPSA) is 90.6 Å². The van der Waals surface area contributed by atoms with Crippen molar-refractivity contribution < 1.29 is 13.2 Å². The van der Waals surface area contributed by atoms with Crippen molar-refractivity contribution >= 4 is 15.9 Å². The number of nitrogens with zero attached hydrogens (tertiary/aromatic N) is 2. The third-order valence-corrected chi connectivity index (χ3v) is 7.85. The second kappa shape index (κ2) is 9.33. The molecule has 33 heavy (non-hydrogen) atoms. The maximum Gasteiger partial charge on any atom is 0.261 e. The van der Waals surface area contributed by atoms with Crippen molar-refractivity contribution in [3.05, 3.63) is 88.2 Å². The predicted molar refractivity (Wildman–Crippen MR) is 128 cm³/mol. The third kappa shape index (κ3) is 4.77. The minimum atomic E-state index is -3.64. The van der Waals surface area contributed by atoms with Gasteiger partial charge in [-0.25, -0.2) is 8.42 Å². The maximum absolute atomic E-state index is 13.0. The van der Waals surface area contributed by atoms with Crippen molar-refractivity contribution in [1.29, 1.82) is 0 Å². The first kappa shape index (κ1) is 22.9. The summed E-state index contributed by atoms with van der Waals surface area (Å²) in [7, 11) is -3.64. The number of sulfonamides is 1. The zero-order valence-electron chi connectivity index (χ0n) is 18.7. The van der Waals surface area contributed by atoms with Crippen LogP contribution in [0.5, 0.6) is 0 Å². The zero-order chi connectivity index (χ0) is 23.6. The number of piperazine rings is 1. The Morgan fingerprint density at radius 3 is 2.09 bits per heavy atom. The summed E-state index contributed by atoms with van der Waals surface area (Å²) in [5, 5.41) is 0. The number of H-pyrrole nitrogens is 1. The molecule has 0 bridgehead atoms. The molecule has 1 aromatic heterocycles. The SMILES string of the molecule is CC(C)c1ccc(S(=O)(=O)N2CCN(C(=O)c3ccc(-c4ccccc4)[nH]c3=O)CC2)cc1. The summed E-state index contributed by atoms with van der Waals surface area (Å²) < 4.78 is 27.4. The number of carbonyl (C=O) groups is 1. The highest BCUT2D eigenvalue weighted by Gasteiger charge is 2.31. The van der Waals surface area contributed by atoms with Crippen LogP contribution in [0.3, 0.4) is 0 Å². The molecule has 1 aliphatic heterocycles. The van der Waals surface area contributed by atoms with Gasteiger partial charge in [-0.05, 0) is 41.3 Å². The van der Waals surface area contributed by atoms with Crippen molar-refractivity contribution in [3.63, 3.8) is 0 Å². The monoisotopic (exact) mass is 465 g/mol. The molecule has 3 aromatic rings. The van der Waals surface area contributed by atoms with Crippen LogP contribution in [0.25, 0.3) is 11.3 Å². The Labute approximate surface area is 193 Å². The van der Waals surface area contributed by atoms with Gasteiger partial charge >= 0.3 is 0 Å². The summed E-state index contributed by atoms with van der Waals surface area (Å²) >= 11 is 0. The molecule has 2 aromatic carbocycles. The van der Waals surface area contributed by atoms with Crippen molar-refractivity contribution in [2.24, 2.45) is 0 Å². The zero-order valence-corrected chi connectivity index (χ0v) is 19.5. The van der Waals surface area contributed by atoms with Gasteiger partial charge in [0.05, 0.1) is 4.90 Å². The van der Waals surface area contributed by atoms with Crippen molar-refractivity contribution in [1.82, 2.24) is 14.2 Å². The quantitative estimate of drug-likeness (QED) is 0.626. The Kier molecular flexibility index (Phi) is 6.49. The smallest absolute Gasteiger partial charge is 0.261 e. The highest BCUT2D eigenvalue weighted by atomic mass is 32.2. The number of aromatic amines is 1. The van der Waals surface area contributed by atoms with E-state index in [0.29, 0.717) is 11.6 Å². The van der Waals surface area contributed by atoms with Gasteiger partial charge in [0.1, 0.15) is 5.56 Å². The molecule has 0 radical (unpaired) electrons. The molecule has 1 amide bonds. The fraction of sp³-hybridized carbons (Fsp3) is 0.280. The molecule has 8 heteroatoms. The lowest BCUT2D eigenvalue weighted by molar-refractivity contribution is 0.0696. The molecule has 172 valence electrons. The predicted octanol–water partition coefficient (Wildman–Crippen LogP) is 3.31. The van der Waals surface area contributed by atoms with Gasteiger partial charge < -0.3 is 9.88 Å². The normalized spacial score (nSPS) is 15.1. The molecule has 0 spiro atoms. The van der Waals surface area contributed by atoms with Crippen LogP contribution in [0, 0.1) is 0 Å². The van der Waals surface area contributed by atoms with Crippen molar-refractivity contribution in [2.45, 2.75) is 24.7 Å². The number of hydrogen-bond donors (Lipinski definition) is 1. The first-order valence-electron chi connectivity index (χ1n) is 11.0. The number of amides is 1. The number of rotatable bonds is 5. The molecule has 7 nitrogen and oxygen atoms in total. The molecular formula is C25H27N3O4S. The number of pyridine rings is 1. The Hall–Kier alpha value is -3.23. The third-order valence-electron chi connectivity index (χ3n) is 5.94. The van der Waals surface area contributed by atoms with Crippen molar-refractivity contribution in [3.8, 4) is 11.3 Å². The van der Waals surface area contributed by atoms with Gasteiger partial charge in [-0.1, -0.05) is 56.3 Å². The fourth-order valence-corrected chi connectivity index (χ4v) is 5.33. The van der Waals surface area contributed by atoms with E-state index in [1.54, 1.807) is 18.2 Å². The van der Waals surface area contributed by atoms with E-state index in [4.69, 9.17) is 0 Å². The van der Waals surface area contributed by atoms with Crippen LogP contribution in [0.1, 0.15) is 35.7 Å². The molecule has 2 heterocycles. The summed E-state index contributed by atoms with van der Waals surface area (Å²) in [6.07, 6.45) is 0. The van der Waals surface area contributed by atoms with Crippen LogP contribution in [-0.4, -0.2) is 54.7 Å². The van der Waals surface area contributed by atoms with Crippen molar-refractivity contribution in [2.75, 3.05) is 26.2 Å². The fourth-order valence-electron chi connectivity index (χ4n) is 3.90. The standard InChI is InChI=1S/C25H27N3O4S/c1-18(2)19-8-10-21(11-9-19)33(31,32)28-16-14-27(15-17-28)25(30)22-12-13-23(26-24(22)29)20-6-4-3-5-7-20/h3-13,18H,14-17H2,1-2H3,(H,26,29). The number of benzene rings is 2. The second-order valence-electron chi connectivity index (χ2n) is 8.40. The summed E-state index contributed by atoms with van der Waals surface area (Å²) in [4.78, 5) is 30.1. The molecule has 4 rings (SSSR count). The first-order chi connectivity index (χ1) is 15.8. The van der Waals surface area contributed by atoms with Gasteiger partial charge in [0, 0.05) is 31.9 Å². The van der Waals surface area contributed by atoms with Crippen LogP contribution in [0.15, 0.2) is 76.4 Å². The van der Waals surface area contributed by atoms with E-state index in [9.17, 15) is 18.0 Å². The number of aromatic nitrogens is 1. The summed E-state index contributed by atoms with van der Waals surface area (Å²) in [6, 6.07) is 19.6. The van der Waals surface area contributed by atoms with Gasteiger partial charge in [0.2, 0.25) is 10.0 Å². The number of carbonyl (C=O) groups excluding carboxylic acids is 1. The Balaban J connectivity index is 1.44. The highest BCUT2D eigenvalue weighted by molar-refractivity contribution is 7.89. The lowest BCUT2D eigenvalue weighted by Crippen LogP contribution is -2.51. The van der Waals surface area contributed by atoms with E-state index in [-0.39, 0.29) is 36.6 Å². The largest absolute Gasteiger partial charge is 0.336 e. The van der Waals surface area contributed by atoms with Crippen LogP contribution in [0.2, 0.25) is 0 Å². The summed E-state index contributed by atoms with van der Waals surface area (Å²) in [5.41, 5.74) is 2.16. The maximum atomic E-state index is 13.0. The van der Waals surface area contributed by atoms with E-state index >= 15 is 0 Å². The first-order valence-corrected chi connectivity index (χ1v) is 12.4. The minimum absolute atomic E-state index is 0.0512. The summed E-state index contributed by atoms with van der Waals surface area (Å²) in [5.74, 6) is -0.0737. The Morgan fingerprint density at radius 2 is 1.52 bits per heavy atom. The van der Waals surface area contributed by atoms with E-state index in [0.717, 1.165) is 11.1 Å². The molecule has 1 N–H and O–H groups in total. The van der Waals surface area contributed by atoms with Gasteiger partial charge in [-0.3, -0.25) is 9.59 Å². The van der Waals surface area contributed by atoms with Gasteiger partial charge in [0.25, 0.3) is 11.5 Å². The summed E-state index contributed by atoms with van der Waals surface area (Å²) in [6.45, 7) is 4.92. The van der Waals surface area contributed by atoms with Gasteiger partial charge in [0.15, 0.2) is 0 Å². The minimum Gasteiger partial charge on any atom is -0.336 e. The second-order valence-corrected chi connectivity index (χ2v) is 10.3. The Bertz CT molecular complexity index is 1290. The van der Waals surface area contributed by atoms with Gasteiger partial charge in [-0.2, -0.15) is 4.31 Å². The molecular weight excluding hydrogens is 438 g/mol. The number of hydrogen-bond acceptors (Lipinski definition) is 4. The molecule has 0 saturated carbocycles. The molecule has 1 fully saturated rings. The molecule has 0 unspecified atom stereocenters. The van der Waals surface area contributed by atoms with E-state index < -0.39 is 21.5 Å². The van der Waals surface area contributed by atoms with Crippen LogP contribution in [-0.2, 0) is 10.0 Å². The van der Waals surface area contributed by atoms with E-state index in [1.807, 2.05) is 42.5 Å². The van der Waals surface area contributed by atoms with E-state index in [2.05, 4.69) is 18.8 Å². The highest BCUT2D eigenvalue weighted by Crippen LogP contribution is 2.22.